The molecule has 3 N–H and O–H groups in total. The lowest BCUT2D eigenvalue weighted by Gasteiger charge is -2.05. The van der Waals surface area contributed by atoms with Gasteiger partial charge in [-0.25, -0.2) is 4.98 Å². The first kappa shape index (κ1) is 13.5. The largest absolute Gasteiger partial charge is 0.508 e. The molecule has 5 heteroatoms. The van der Waals surface area contributed by atoms with Crippen LogP contribution in [0.2, 0.25) is 0 Å². The van der Waals surface area contributed by atoms with Gasteiger partial charge >= 0.3 is 0 Å². The van der Waals surface area contributed by atoms with Crippen LogP contribution in [0, 0.1) is 0 Å². The van der Waals surface area contributed by atoms with Gasteiger partial charge in [0.1, 0.15) is 5.75 Å². The average Bonchev–Trinajstić information content (AvgIpc) is 2.79. The Kier molecular flexibility index (Phi) is 5.52. The molecule has 17 heavy (non-hydrogen) atoms. The Hall–Kier alpha value is -1.52. The maximum atomic E-state index is 9.55. The monoisotopic (exact) mass is 253 g/mol. The van der Waals surface area contributed by atoms with Crippen molar-refractivity contribution in [1.82, 2.24) is 15.3 Å². The lowest BCUT2D eigenvalue weighted by molar-refractivity contribution is 0.467. The van der Waals surface area contributed by atoms with E-state index in [9.17, 15) is 5.11 Å². The standard InChI is InChI=1S/C12H15N3O.ClH/c16-12-4-2-1-3-10(12)5-6-13-7-11-8-14-9-15-11;/h1-4,8-9,13,16H,5-7H2,(H,14,15);1H. The molecule has 0 spiro atoms. The summed E-state index contributed by atoms with van der Waals surface area (Å²) >= 11 is 0. The fourth-order valence-corrected chi connectivity index (χ4v) is 1.55. The van der Waals surface area contributed by atoms with Crippen molar-refractivity contribution in [1.29, 1.82) is 0 Å². The molecule has 0 aliphatic heterocycles. The number of H-pyrrole nitrogens is 1. The lowest BCUT2D eigenvalue weighted by atomic mass is 10.1. The fraction of sp³-hybridized carbons (Fsp3) is 0.250. The van der Waals surface area contributed by atoms with Crippen LogP contribution in [0.1, 0.15) is 11.3 Å². The predicted octanol–water partition coefficient (Wildman–Crippen LogP) is 1.87. The van der Waals surface area contributed by atoms with E-state index in [2.05, 4.69) is 15.3 Å². The molecule has 0 aliphatic carbocycles. The van der Waals surface area contributed by atoms with Crippen LogP contribution in [0.3, 0.4) is 0 Å². The van der Waals surface area contributed by atoms with E-state index in [4.69, 9.17) is 0 Å². The zero-order valence-electron chi connectivity index (χ0n) is 9.39. The number of phenols is 1. The second-order valence-electron chi connectivity index (χ2n) is 3.63. The number of aromatic nitrogens is 2. The second kappa shape index (κ2) is 6.93. The van der Waals surface area contributed by atoms with Gasteiger partial charge in [-0.2, -0.15) is 0 Å². The summed E-state index contributed by atoms with van der Waals surface area (Å²) in [5.74, 6) is 0.367. The highest BCUT2D eigenvalue weighted by molar-refractivity contribution is 5.85. The number of aromatic hydroxyl groups is 1. The number of nitrogens with zero attached hydrogens (tertiary/aromatic N) is 1. The van der Waals surface area contributed by atoms with Crippen molar-refractivity contribution >= 4 is 12.4 Å². The third-order valence-corrected chi connectivity index (χ3v) is 2.43. The number of hydrogen-bond acceptors (Lipinski definition) is 3. The van der Waals surface area contributed by atoms with Gasteiger partial charge in [0.2, 0.25) is 0 Å². The number of hydrogen-bond donors (Lipinski definition) is 3. The number of rotatable bonds is 5. The summed E-state index contributed by atoms with van der Waals surface area (Å²) in [6.07, 6.45) is 4.29. The fourth-order valence-electron chi connectivity index (χ4n) is 1.55. The molecule has 1 aromatic carbocycles. The molecule has 2 aromatic rings. The van der Waals surface area contributed by atoms with E-state index < -0.39 is 0 Å². The highest BCUT2D eigenvalue weighted by Crippen LogP contribution is 2.15. The Morgan fingerprint density at radius 2 is 2.12 bits per heavy atom. The second-order valence-corrected chi connectivity index (χ2v) is 3.63. The maximum Gasteiger partial charge on any atom is 0.118 e. The number of benzene rings is 1. The minimum Gasteiger partial charge on any atom is -0.508 e. The SMILES string of the molecule is Cl.Oc1ccccc1CCNCc1cnc[nH]1. The Labute approximate surface area is 107 Å². The van der Waals surface area contributed by atoms with Crippen LogP contribution in [0.25, 0.3) is 0 Å². The minimum atomic E-state index is 0. The van der Waals surface area contributed by atoms with E-state index in [-0.39, 0.29) is 12.4 Å². The van der Waals surface area contributed by atoms with Gasteiger partial charge in [-0.1, -0.05) is 18.2 Å². The van der Waals surface area contributed by atoms with Crippen LogP contribution in [-0.4, -0.2) is 21.6 Å². The smallest absolute Gasteiger partial charge is 0.118 e. The molecular formula is C12H16ClN3O. The van der Waals surface area contributed by atoms with E-state index in [1.54, 1.807) is 18.6 Å². The van der Waals surface area contributed by atoms with Gasteiger partial charge in [0.15, 0.2) is 0 Å². The molecule has 0 aliphatic rings. The van der Waals surface area contributed by atoms with Gasteiger partial charge in [0, 0.05) is 18.4 Å². The third kappa shape index (κ3) is 4.09. The van der Waals surface area contributed by atoms with Crippen molar-refractivity contribution < 1.29 is 5.11 Å². The van der Waals surface area contributed by atoms with E-state index in [0.29, 0.717) is 5.75 Å². The topological polar surface area (TPSA) is 60.9 Å². The van der Waals surface area contributed by atoms with Crippen molar-refractivity contribution in [2.45, 2.75) is 13.0 Å². The quantitative estimate of drug-likeness (QED) is 0.713. The third-order valence-electron chi connectivity index (χ3n) is 2.43. The zero-order chi connectivity index (χ0) is 11.2. The highest BCUT2D eigenvalue weighted by atomic mass is 35.5. The van der Waals surface area contributed by atoms with Gasteiger partial charge < -0.3 is 15.4 Å². The molecule has 4 nitrogen and oxygen atoms in total. The summed E-state index contributed by atoms with van der Waals surface area (Å²) in [6.45, 7) is 1.60. The van der Waals surface area contributed by atoms with Crippen LogP contribution in [0.15, 0.2) is 36.8 Å². The first-order valence-corrected chi connectivity index (χ1v) is 5.31. The Morgan fingerprint density at radius 1 is 1.29 bits per heavy atom. The van der Waals surface area contributed by atoms with Gasteiger partial charge in [0.05, 0.1) is 6.33 Å². The predicted molar refractivity (Wildman–Crippen MR) is 69.4 cm³/mol. The number of phenolic OH excluding ortho intramolecular Hbond substituents is 1. The van der Waals surface area contributed by atoms with E-state index in [0.717, 1.165) is 30.8 Å². The Morgan fingerprint density at radius 3 is 2.82 bits per heavy atom. The van der Waals surface area contributed by atoms with Crippen molar-refractivity contribution in [2.75, 3.05) is 6.54 Å². The summed E-state index contributed by atoms with van der Waals surface area (Å²) in [5.41, 5.74) is 2.04. The molecule has 0 radical (unpaired) electrons. The van der Waals surface area contributed by atoms with Crippen LogP contribution in [0.4, 0.5) is 0 Å². The molecule has 0 saturated heterocycles. The number of para-hydroxylation sites is 1. The van der Waals surface area contributed by atoms with E-state index in [1.807, 2.05) is 18.2 Å². The van der Waals surface area contributed by atoms with Crippen molar-refractivity contribution in [2.24, 2.45) is 0 Å². The summed E-state index contributed by atoms with van der Waals surface area (Å²) in [5, 5.41) is 12.8. The molecule has 0 unspecified atom stereocenters. The first-order valence-electron chi connectivity index (χ1n) is 5.31. The maximum absolute atomic E-state index is 9.55. The molecule has 92 valence electrons. The van der Waals surface area contributed by atoms with Crippen molar-refractivity contribution in [3.05, 3.63) is 48.0 Å². The molecule has 0 bridgehead atoms. The van der Waals surface area contributed by atoms with Gasteiger partial charge in [0.25, 0.3) is 0 Å². The Balaban J connectivity index is 0.00000144. The molecule has 0 saturated carbocycles. The molecule has 1 heterocycles. The normalized spacial score (nSPS) is 9.88. The number of aromatic amines is 1. The molecular weight excluding hydrogens is 238 g/mol. The first-order chi connectivity index (χ1) is 7.86. The Bertz CT molecular complexity index is 431. The van der Waals surface area contributed by atoms with Crippen molar-refractivity contribution in [3.8, 4) is 5.75 Å². The average molecular weight is 254 g/mol. The number of nitrogens with one attached hydrogen (secondary N) is 2. The number of halogens is 1. The highest BCUT2D eigenvalue weighted by Gasteiger charge is 1.99. The van der Waals surface area contributed by atoms with Crippen LogP contribution >= 0.6 is 12.4 Å². The zero-order valence-corrected chi connectivity index (χ0v) is 10.2. The van der Waals surface area contributed by atoms with Gasteiger partial charge in [-0.15, -0.1) is 12.4 Å². The van der Waals surface area contributed by atoms with Gasteiger partial charge in [-0.3, -0.25) is 0 Å². The van der Waals surface area contributed by atoms with Crippen LogP contribution in [-0.2, 0) is 13.0 Å². The summed E-state index contributed by atoms with van der Waals surface area (Å²) in [6, 6.07) is 7.41. The van der Waals surface area contributed by atoms with E-state index in [1.165, 1.54) is 0 Å². The molecule has 2 rings (SSSR count). The summed E-state index contributed by atoms with van der Waals surface area (Å²) in [7, 11) is 0. The molecule has 0 atom stereocenters. The lowest BCUT2D eigenvalue weighted by Crippen LogP contribution is -2.16. The molecule has 0 amide bonds. The van der Waals surface area contributed by atoms with Crippen LogP contribution < -0.4 is 5.32 Å². The molecule has 1 aromatic heterocycles. The minimum absolute atomic E-state index is 0. The molecule has 0 fully saturated rings. The summed E-state index contributed by atoms with van der Waals surface area (Å²) in [4.78, 5) is 6.96. The van der Waals surface area contributed by atoms with Gasteiger partial charge in [-0.05, 0) is 24.6 Å². The van der Waals surface area contributed by atoms with Crippen molar-refractivity contribution in [3.63, 3.8) is 0 Å². The van der Waals surface area contributed by atoms with Crippen LogP contribution in [0.5, 0.6) is 5.75 Å². The van der Waals surface area contributed by atoms with E-state index >= 15 is 0 Å². The number of imidazole rings is 1. The summed E-state index contributed by atoms with van der Waals surface area (Å²) < 4.78 is 0.